The number of carbonyl (C=O) groups excluding carboxylic acids is 1. The van der Waals surface area contributed by atoms with Gasteiger partial charge in [0.1, 0.15) is 11.4 Å². The Kier molecular flexibility index (Phi) is 5.48. The lowest BCUT2D eigenvalue weighted by atomic mass is 10.1. The molecular formula is C24H20F3N5O2. The molecule has 174 valence electrons. The van der Waals surface area contributed by atoms with E-state index in [1.807, 2.05) is 36.5 Å². The van der Waals surface area contributed by atoms with Crippen LogP contribution in [-0.2, 0) is 13.0 Å². The number of anilines is 3. The Balaban J connectivity index is 1.27. The Labute approximate surface area is 192 Å². The molecule has 1 aliphatic heterocycles. The van der Waals surface area contributed by atoms with E-state index in [9.17, 15) is 18.0 Å². The van der Waals surface area contributed by atoms with Crippen molar-refractivity contribution < 1.29 is 22.7 Å². The molecule has 0 radical (unpaired) electrons. The van der Waals surface area contributed by atoms with Crippen LogP contribution in [0.25, 0.3) is 11.0 Å². The minimum Gasteiger partial charge on any atom is -0.406 e. The van der Waals surface area contributed by atoms with E-state index in [1.54, 1.807) is 6.20 Å². The number of carbonyl (C=O) groups is 1. The second kappa shape index (κ2) is 8.62. The van der Waals surface area contributed by atoms with Crippen LogP contribution in [0.15, 0.2) is 67.0 Å². The van der Waals surface area contributed by atoms with Crippen molar-refractivity contribution in [2.24, 2.45) is 0 Å². The Morgan fingerprint density at radius 1 is 1.09 bits per heavy atom. The third-order valence-electron chi connectivity index (χ3n) is 5.63. The van der Waals surface area contributed by atoms with E-state index in [0.29, 0.717) is 17.9 Å². The van der Waals surface area contributed by atoms with Crippen molar-refractivity contribution in [3.05, 3.63) is 78.1 Å². The number of halogens is 3. The van der Waals surface area contributed by atoms with Gasteiger partial charge in [0.15, 0.2) is 0 Å². The number of ether oxygens (including phenoxy) is 1. The zero-order chi connectivity index (χ0) is 23.7. The lowest BCUT2D eigenvalue weighted by molar-refractivity contribution is -0.274. The second-order valence-corrected chi connectivity index (χ2v) is 7.84. The van der Waals surface area contributed by atoms with Crippen molar-refractivity contribution >= 4 is 34.1 Å². The van der Waals surface area contributed by atoms with E-state index in [4.69, 9.17) is 0 Å². The highest BCUT2D eigenvalue weighted by Crippen LogP contribution is 2.35. The van der Waals surface area contributed by atoms with Crippen LogP contribution in [0.1, 0.15) is 11.1 Å². The summed E-state index contributed by atoms with van der Waals surface area (Å²) in [4.78, 5) is 22.3. The number of amides is 2. The molecule has 0 aliphatic carbocycles. The van der Waals surface area contributed by atoms with Crippen LogP contribution in [0.5, 0.6) is 5.75 Å². The summed E-state index contributed by atoms with van der Waals surface area (Å²) >= 11 is 0. The summed E-state index contributed by atoms with van der Waals surface area (Å²) < 4.78 is 40.7. The van der Waals surface area contributed by atoms with Gasteiger partial charge in [-0.25, -0.2) is 9.78 Å². The predicted molar refractivity (Wildman–Crippen MR) is 123 cm³/mol. The monoisotopic (exact) mass is 467 g/mol. The van der Waals surface area contributed by atoms with Gasteiger partial charge in [0.25, 0.3) is 0 Å². The zero-order valence-electron chi connectivity index (χ0n) is 17.8. The maximum Gasteiger partial charge on any atom is 0.573 e. The number of benzene rings is 2. The number of pyridine rings is 1. The summed E-state index contributed by atoms with van der Waals surface area (Å²) in [5.41, 5.74) is 5.12. The largest absolute Gasteiger partial charge is 0.573 e. The zero-order valence-corrected chi connectivity index (χ0v) is 17.8. The molecule has 0 saturated carbocycles. The highest BCUT2D eigenvalue weighted by Gasteiger charge is 2.31. The number of alkyl halides is 3. The molecule has 4 aromatic rings. The SMILES string of the molecule is O=C(Nc1ccc(OC(F)(F)F)cc1)Nc1cccc2c1CCN2Cc1ccnc2[nH]ccc12. The van der Waals surface area contributed by atoms with Crippen LogP contribution in [0, 0.1) is 0 Å². The van der Waals surface area contributed by atoms with Gasteiger partial charge in [0, 0.05) is 53.5 Å². The van der Waals surface area contributed by atoms with Gasteiger partial charge >= 0.3 is 12.4 Å². The number of hydrogen-bond acceptors (Lipinski definition) is 4. The number of aromatic amines is 1. The lowest BCUT2D eigenvalue weighted by Gasteiger charge is -2.20. The Morgan fingerprint density at radius 3 is 2.71 bits per heavy atom. The third-order valence-corrected chi connectivity index (χ3v) is 5.63. The van der Waals surface area contributed by atoms with E-state index < -0.39 is 12.4 Å². The van der Waals surface area contributed by atoms with Gasteiger partial charge in [-0.1, -0.05) is 6.07 Å². The molecule has 7 nitrogen and oxygen atoms in total. The Morgan fingerprint density at radius 2 is 1.91 bits per heavy atom. The lowest BCUT2D eigenvalue weighted by Crippen LogP contribution is -2.20. The molecule has 34 heavy (non-hydrogen) atoms. The van der Waals surface area contributed by atoms with Crippen molar-refractivity contribution in [2.75, 3.05) is 22.1 Å². The van der Waals surface area contributed by atoms with Crippen molar-refractivity contribution in [1.82, 2.24) is 9.97 Å². The summed E-state index contributed by atoms with van der Waals surface area (Å²) in [7, 11) is 0. The number of rotatable bonds is 5. The minimum atomic E-state index is -4.76. The molecule has 0 bridgehead atoms. The number of H-pyrrole nitrogens is 1. The summed E-state index contributed by atoms with van der Waals surface area (Å²) in [6.07, 6.45) is -0.332. The molecule has 0 spiro atoms. The van der Waals surface area contributed by atoms with Gasteiger partial charge in [0.05, 0.1) is 0 Å². The fraction of sp³-hybridized carbons (Fsp3) is 0.167. The smallest absolute Gasteiger partial charge is 0.406 e. The number of hydrogen-bond donors (Lipinski definition) is 3. The first-order chi connectivity index (χ1) is 16.4. The molecule has 0 saturated heterocycles. The van der Waals surface area contributed by atoms with E-state index in [2.05, 4.69) is 30.2 Å². The van der Waals surface area contributed by atoms with E-state index >= 15 is 0 Å². The summed E-state index contributed by atoms with van der Waals surface area (Å²) in [6.45, 7) is 1.52. The van der Waals surface area contributed by atoms with Gasteiger partial charge in [-0.2, -0.15) is 0 Å². The molecule has 0 fully saturated rings. The average Bonchev–Trinajstić information content (AvgIpc) is 3.43. The number of nitrogens with one attached hydrogen (secondary N) is 3. The van der Waals surface area contributed by atoms with Gasteiger partial charge in [-0.15, -0.1) is 13.2 Å². The van der Waals surface area contributed by atoms with Crippen molar-refractivity contribution in [2.45, 2.75) is 19.3 Å². The molecule has 1 aliphatic rings. The fourth-order valence-electron chi connectivity index (χ4n) is 4.17. The third kappa shape index (κ3) is 4.61. The molecule has 0 atom stereocenters. The van der Waals surface area contributed by atoms with Crippen LogP contribution >= 0.6 is 0 Å². The van der Waals surface area contributed by atoms with Crippen molar-refractivity contribution in [3.8, 4) is 5.75 Å². The molecule has 2 aromatic carbocycles. The summed E-state index contributed by atoms with van der Waals surface area (Å²) in [5.74, 6) is -0.356. The van der Waals surface area contributed by atoms with Crippen molar-refractivity contribution in [1.29, 1.82) is 0 Å². The molecule has 2 amide bonds. The first kappa shape index (κ1) is 21.6. The van der Waals surface area contributed by atoms with Crippen molar-refractivity contribution in [3.63, 3.8) is 0 Å². The molecule has 5 rings (SSSR count). The number of nitrogens with zero attached hydrogens (tertiary/aromatic N) is 2. The first-order valence-electron chi connectivity index (χ1n) is 10.6. The number of fused-ring (bicyclic) bond motifs is 2. The van der Waals surface area contributed by atoms with Crippen LogP contribution in [0.2, 0.25) is 0 Å². The molecular weight excluding hydrogens is 447 g/mol. The molecule has 0 unspecified atom stereocenters. The standard InChI is InChI=1S/C24H20F3N5O2/c25-24(26,27)34-17-6-4-16(5-7-17)30-23(33)31-20-2-1-3-21-19(20)10-13-32(21)14-15-8-11-28-22-18(15)9-12-29-22/h1-9,11-12H,10,13-14H2,(H,28,29)(H2,30,31,33). The van der Waals surface area contributed by atoms with Gasteiger partial charge in [-0.3, -0.25) is 0 Å². The van der Waals surface area contributed by atoms with E-state index in [1.165, 1.54) is 12.1 Å². The van der Waals surface area contributed by atoms with Crippen LogP contribution < -0.4 is 20.3 Å². The normalized spacial score (nSPS) is 13.1. The topological polar surface area (TPSA) is 82.3 Å². The summed E-state index contributed by atoms with van der Waals surface area (Å²) in [6, 6.07) is 14.2. The Bertz CT molecular complexity index is 1330. The van der Waals surface area contributed by atoms with E-state index in [-0.39, 0.29) is 5.75 Å². The predicted octanol–water partition coefficient (Wildman–Crippen LogP) is 5.67. The molecule has 2 aromatic heterocycles. The van der Waals surface area contributed by atoms with Crippen LogP contribution in [-0.4, -0.2) is 28.9 Å². The Hall–Kier alpha value is -4.21. The van der Waals surface area contributed by atoms with E-state index in [0.717, 1.165) is 52.9 Å². The molecule has 10 heteroatoms. The number of urea groups is 1. The highest BCUT2D eigenvalue weighted by atomic mass is 19.4. The number of aromatic nitrogens is 2. The quantitative estimate of drug-likeness (QED) is 0.353. The van der Waals surface area contributed by atoms with Crippen LogP contribution in [0.4, 0.5) is 35.0 Å². The molecule has 3 N–H and O–H groups in total. The first-order valence-corrected chi connectivity index (χ1v) is 10.6. The van der Waals surface area contributed by atoms with Crippen LogP contribution in [0.3, 0.4) is 0 Å². The fourth-order valence-corrected chi connectivity index (χ4v) is 4.17. The highest BCUT2D eigenvalue weighted by molar-refractivity contribution is 6.01. The maximum absolute atomic E-state index is 12.5. The minimum absolute atomic E-state index is 0.342. The van der Waals surface area contributed by atoms with Gasteiger partial charge in [0.2, 0.25) is 0 Å². The maximum atomic E-state index is 12.5. The van der Waals surface area contributed by atoms with Gasteiger partial charge in [-0.05, 0) is 60.5 Å². The second-order valence-electron chi connectivity index (χ2n) is 7.84. The summed E-state index contributed by atoms with van der Waals surface area (Å²) in [5, 5.41) is 6.56. The van der Waals surface area contributed by atoms with Gasteiger partial charge < -0.3 is 25.3 Å². The molecule has 3 heterocycles. The average molecular weight is 467 g/mol.